The van der Waals surface area contributed by atoms with Crippen molar-refractivity contribution >= 4 is 5.84 Å². The molecule has 4 nitrogen and oxygen atoms in total. The Labute approximate surface area is 89.2 Å². The Kier molecular flexibility index (Phi) is 3.31. The minimum atomic E-state index is 0.0375. The monoisotopic (exact) mass is 208 g/mol. The molecule has 4 heteroatoms. The summed E-state index contributed by atoms with van der Waals surface area (Å²) in [6, 6.07) is 7.47. The van der Waals surface area contributed by atoms with Crippen LogP contribution in [0.25, 0.3) is 0 Å². The van der Waals surface area contributed by atoms with E-state index in [0.29, 0.717) is 5.56 Å². The van der Waals surface area contributed by atoms with Crippen molar-refractivity contribution < 1.29 is 10.4 Å². The molecule has 0 saturated heterocycles. The van der Waals surface area contributed by atoms with Crippen LogP contribution in [0.15, 0.2) is 29.4 Å². The molecule has 0 unspecified atom stereocenters. The summed E-state index contributed by atoms with van der Waals surface area (Å²) in [7, 11) is 0. The maximum absolute atomic E-state index is 8.67. The lowest BCUT2D eigenvalue weighted by Gasteiger charge is -2.19. The number of hydrogen-bond acceptors (Lipinski definition) is 3. The Morgan fingerprint density at radius 3 is 2.07 bits per heavy atom. The largest absolute Gasteiger partial charge is 0.409 e. The van der Waals surface area contributed by atoms with Crippen molar-refractivity contribution in [3.8, 4) is 0 Å². The van der Waals surface area contributed by atoms with Crippen molar-refractivity contribution in [2.75, 3.05) is 0 Å². The van der Waals surface area contributed by atoms with Crippen LogP contribution in [-0.4, -0.2) is 16.3 Å². The highest BCUT2D eigenvalue weighted by atomic mass is 16.5. The highest BCUT2D eigenvalue weighted by Gasteiger charge is 2.13. The second kappa shape index (κ2) is 4.31. The lowest BCUT2D eigenvalue weighted by molar-refractivity contribution is 0.223. The van der Waals surface area contributed by atoms with Crippen LogP contribution < -0.4 is 5.48 Å². The van der Waals surface area contributed by atoms with Crippen molar-refractivity contribution in [2.24, 2.45) is 5.16 Å². The van der Waals surface area contributed by atoms with Crippen molar-refractivity contribution in [3.63, 3.8) is 0 Å². The smallest absolute Gasteiger partial charge is 0.196 e. The van der Waals surface area contributed by atoms with Gasteiger partial charge in [-0.05, 0) is 11.0 Å². The van der Waals surface area contributed by atoms with E-state index < -0.39 is 0 Å². The van der Waals surface area contributed by atoms with Crippen molar-refractivity contribution in [2.45, 2.75) is 26.2 Å². The molecule has 0 aliphatic carbocycles. The van der Waals surface area contributed by atoms with E-state index in [9.17, 15) is 0 Å². The summed E-state index contributed by atoms with van der Waals surface area (Å²) in [6.07, 6.45) is 0. The molecule has 0 saturated carbocycles. The van der Waals surface area contributed by atoms with Crippen molar-refractivity contribution in [1.29, 1.82) is 0 Å². The third-order valence-electron chi connectivity index (χ3n) is 2.23. The fourth-order valence-corrected chi connectivity index (χ4v) is 1.27. The van der Waals surface area contributed by atoms with Gasteiger partial charge in [-0.1, -0.05) is 50.2 Å². The highest BCUT2D eigenvalue weighted by Crippen LogP contribution is 2.22. The van der Waals surface area contributed by atoms with Gasteiger partial charge in [-0.25, -0.2) is 5.48 Å². The number of rotatable bonds is 1. The van der Waals surface area contributed by atoms with Gasteiger partial charge in [-0.3, -0.25) is 5.21 Å². The van der Waals surface area contributed by atoms with Crippen LogP contribution in [0.5, 0.6) is 0 Å². The topological polar surface area (TPSA) is 64.9 Å². The van der Waals surface area contributed by atoms with Gasteiger partial charge >= 0.3 is 0 Å². The van der Waals surface area contributed by atoms with Crippen LogP contribution in [-0.2, 0) is 5.41 Å². The summed E-state index contributed by atoms with van der Waals surface area (Å²) < 4.78 is 0. The number of nitrogens with zero attached hydrogens (tertiary/aromatic N) is 1. The molecular weight excluding hydrogens is 192 g/mol. The van der Waals surface area contributed by atoms with Crippen LogP contribution in [0.3, 0.4) is 0 Å². The Morgan fingerprint density at radius 1 is 1.20 bits per heavy atom. The SMILES string of the molecule is CC(C)(C)c1ccc(/C(=N/O)NO)cc1. The molecule has 3 N–H and O–H groups in total. The van der Waals surface area contributed by atoms with E-state index in [-0.39, 0.29) is 11.3 Å². The summed E-state index contributed by atoms with van der Waals surface area (Å²) in [5.74, 6) is 0.0375. The molecule has 0 spiro atoms. The molecule has 0 heterocycles. The number of amidine groups is 1. The van der Waals surface area contributed by atoms with Crippen LogP contribution >= 0.6 is 0 Å². The average molecular weight is 208 g/mol. The Hall–Kier alpha value is -1.55. The molecule has 0 aromatic heterocycles. The van der Waals surface area contributed by atoms with Gasteiger partial charge in [-0.15, -0.1) is 0 Å². The van der Waals surface area contributed by atoms with E-state index in [1.165, 1.54) is 5.56 Å². The van der Waals surface area contributed by atoms with Crippen LogP contribution in [0, 0.1) is 0 Å². The van der Waals surface area contributed by atoms with Crippen LogP contribution in [0.2, 0.25) is 0 Å². The van der Waals surface area contributed by atoms with Gasteiger partial charge < -0.3 is 5.21 Å². The van der Waals surface area contributed by atoms with E-state index >= 15 is 0 Å². The quantitative estimate of drug-likeness (QED) is 0.286. The zero-order valence-corrected chi connectivity index (χ0v) is 9.15. The number of hydrogen-bond donors (Lipinski definition) is 3. The highest BCUT2D eigenvalue weighted by molar-refractivity contribution is 5.97. The van der Waals surface area contributed by atoms with Gasteiger partial charge in [0.25, 0.3) is 0 Å². The number of benzene rings is 1. The molecule has 1 aromatic carbocycles. The first-order chi connectivity index (χ1) is 6.99. The zero-order chi connectivity index (χ0) is 11.5. The first kappa shape index (κ1) is 11.5. The molecule has 1 aromatic rings. The van der Waals surface area contributed by atoms with Gasteiger partial charge in [0.2, 0.25) is 0 Å². The summed E-state index contributed by atoms with van der Waals surface area (Å²) >= 11 is 0. The van der Waals surface area contributed by atoms with Gasteiger partial charge in [0.05, 0.1) is 0 Å². The summed E-state index contributed by atoms with van der Waals surface area (Å²) in [4.78, 5) is 0. The maximum atomic E-state index is 8.67. The Balaban J connectivity index is 3.00. The Morgan fingerprint density at radius 2 is 1.73 bits per heavy atom. The molecule has 0 amide bonds. The van der Waals surface area contributed by atoms with Crippen molar-refractivity contribution in [3.05, 3.63) is 35.4 Å². The molecular formula is C11H16N2O2. The maximum Gasteiger partial charge on any atom is 0.196 e. The van der Waals surface area contributed by atoms with E-state index in [1.54, 1.807) is 12.1 Å². The second-order valence-corrected chi connectivity index (χ2v) is 4.39. The van der Waals surface area contributed by atoms with Gasteiger partial charge in [0.1, 0.15) is 0 Å². The second-order valence-electron chi connectivity index (χ2n) is 4.39. The predicted octanol–water partition coefficient (Wildman–Crippen LogP) is 2.10. The molecule has 1 rings (SSSR count). The molecule has 0 fully saturated rings. The molecule has 82 valence electrons. The fraction of sp³-hybridized carbons (Fsp3) is 0.364. The number of oxime groups is 1. The first-order valence-corrected chi connectivity index (χ1v) is 4.72. The van der Waals surface area contributed by atoms with Crippen LogP contribution in [0.1, 0.15) is 31.9 Å². The minimum absolute atomic E-state index is 0.0375. The normalized spacial score (nSPS) is 12.7. The summed E-state index contributed by atoms with van der Waals surface area (Å²) in [5.41, 5.74) is 3.73. The number of nitrogens with one attached hydrogen (secondary N) is 1. The minimum Gasteiger partial charge on any atom is -0.409 e. The molecule has 0 bridgehead atoms. The van der Waals surface area contributed by atoms with Crippen molar-refractivity contribution in [1.82, 2.24) is 5.48 Å². The molecule has 15 heavy (non-hydrogen) atoms. The number of hydroxylamine groups is 1. The Bertz CT molecular complexity index is 350. The van der Waals surface area contributed by atoms with E-state index in [0.717, 1.165) is 0 Å². The first-order valence-electron chi connectivity index (χ1n) is 4.72. The van der Waals surface area contributed by atoms with Gasteiger partial charge in [0.15, 0.2) is 5.84 Å². The average Bonchev–Trinajstić information content (AvgIpc) is 2.19. The fourth-order valence-electron chi connectivity index (χ4n) is 1.27. The summed E-state index contributed by atoms with van der Waals surface area (Å²) in [5, 5.41) is 20.2. The zero-order valence-electron chi connectivity index (χ0n) is 9.15. The molecule has 0 aliphatic heterocycles. The third kappa shape index (κ3) is 2.70. The molecule has 0 atom stereocenters. The van der Waals surface area contributed by atoms with E-state index in [1.807, 2.05) is 17.6 Å². The van der Waals surface area contributed by atoms with Crippen LogP contribution in [0.4, 0.5) is 0 Å². The lowest BCUT2D eigenvalue weighted by atomic mass is 9.87. The third-order valence-corrected chi connectivity index (χ3v) is 2.23. The summed E-state index contributed by atoms with van der Waals surface area (Å²) in [6.45, 7) is 6.36. The predicted molar refractivity (Wildman–Crippen MR) is 58.4 cm³/mol. The van der Waals surface area contributed by atoms with Gasteiger partial charge in [0, 0.05) is 5.56 Å². The van der Waals surface area contributed by atoms with Gasteiger partial charge in [-0.2, -0.15) is 0 Å². The van der Waals surface area contributed by atoms with E-state index in [4.69, 9.17) is 10.4 Å². The lowest BCUT2D eigenvalue weighted by Crippen LogP contribution is -2.20. The standard InChI is InChI=1S/C11H16N2O2/c1-11(2,3)9-6-4-8(5-7-9)10(12-14)13-15/h4-7,14-15H,1-3H3,(H,12,13). The molecule has 0 aliphatic rings. The molecule has 0 radical (unpaired) electrons. The van der Waals surface area contributed by atoms with E-state index in [2.05, 4.69) is 25.9 Å².